The number of methoxy groups -OCH3 is 1. The summed E-state index contributed by atoms with van der Waals surface area (Å²) in [6, 6.07) is 9.42. The van der Waals surface area contributed by atoms with Crippen molar-refractivity contribution < 1.29 is 13.9 Å². The van der Waals surface area contributed by atoms with Gasteiger partial charge in [-0.15, -0.1) is 0 Å². The summed E-state index contributed by atoms with van der Waals surface area (Å²) in [5.41, 5.74) is 7.07. The van der Waals surface area contributed by atoms with Gasteiger partial charge < -0.3 is 15.5 Å². The van der Waals surface area contributed by atoms with Gasteiger partial charge in [0.15, 0.2) is 5.78 Å². The molecule has 1 heterocycles. The molecule has 106 valence electrons. The fraction of sp³-hybridized carbons (Fsp3) is 0.0625. The Morgan fingerprint density at radius 2 is 2.10 bits per heavy atom. The number of hydrogen-bond donors (Lipinski definition) is 2. The second kappa shape index (κ2) is 4.94. The number of carbonyl (C=O) groups excluding carboxylic acids is 1. The van der Waals surface area contributed by atoms with Crippen LogP contribution >= 0.6 is 0 Å². The minimum absolute atomic E-state index is 0.0485. The van der Waals surface area contributed by atoms with Gasteiger partial charge in [-0.25, -0.2) is 4.39 Å². The van der Waals surface area contributed by atoms with Crippen molar-refractivity contribution in [2.45, 2.75) is 0 Å². The topological polar surface area (TPSA) is 68.1 Å². The van der Waals surface area contributed by atoms with Crippen LogP contribution in [-0.2, 0) is 0 Å². The van der Waals surface area contributed by atoms with Gasteiger partial charge in [0.1, 0.15) is 11.6 Å². The summed E-state index contributed by atoms with van der Waals surface area (Å²) in [6.07, 6.45) is 1.62. The lowest BCUT2D eigenvalue weighted by Crippen LogP contribution is -2.03. The number of nitrogen functional groups attached to an aromatic ring is 1. The number of aromatic nitrogens is 1. The number of halogens is 1. The number of anilines is 1. The molecule has 0 spiro atoms. The Hall–Kier alpha value is -2.82. The van der Waals surface area contributed by atoms with E-state index >= 15 is 0 Å². The Morgan fingerprint density at radius 3 is 2.81 bits per heavy atom. The highest BCUT2D eigenvalue weighted by molar-refractivity contribution is 6.17. The molecule has 0 aliphatic carbocycles. The minimum Gasteiger partial charge on any atom is -0.496 e. The highest BCUT2D eigenvalue weighted by atomic mass is 19.1. The summed E-state index contributed by atoms with van der Waals surface area (Å²) in [6.45, 7) is 0. The van der Waals surface area contributed by atoms with Gasteiger partial charge in [-0.3, -0.25) is 4.79 Å². The van der Waals surface area contributed by atoms with Crippen molar-refractivity contribution in [3.63, 3.8) is 0 Å². The predicted octanol–water partition coefficient (Wildman–Crippen LogP) is 3.13. The van der Waals surface area contributed by atoms with Crippen molar-refractivity contribution in [2.75, 3.05) is 12.8 Å². The fourth-order valence-corrected chi connectivity index (χ4v) is 2.34. The van der Waals surface area contributed by atoms with E-state index in [4.69, 9.17) is 10.5 Å². The standard InChI is InChI=1S/C16H13FN2O2/c1-21-14-4-2-3-13-15(14)10(8-19-13)16(20)9-5-6-11(17)12(18)7-9/h2-8,19H,18H2,1H3. The average molecular weight is 284 g/mol. The highest BCUT2D eigenvalue weighted by Crippen LogP contribution is 2.30. The van der Waals surface area contributed by atoms with E-state index in [1.807, 2.05) is 12.1 Å². The monoisotopic (exact) mass is 284 g/mol. The molecule has 4 nitrogen and oxygen atoms in total. The van der Waals surface area contributed by atoms with E-state index in [9.17, 15) is 9.18 Å². The van der Waals surface area contributed by atoms with Gasteiger partial charge in [0, 0.05) is 17.3 Å². The first kappa shape index (κ1) is 13.2. The second-order valence-corrected chi connectivity index (χ2v) is 4.65. The molecule has 0 saturated heterocycles. The molecule has 0 fully saturated rings. The Morgan fingerprint density at radius 1 is 1.29 bits per heavy atom. The lowest BCUT2D eigenvalue weighted by atomic mass is 10.0. The van der Waals surface area contributed by atoms with Crippen LogP contribution < -0.4 is 10.5 Å². The maximum atomic E-state index is 13.2. The number of nitrogens with two attached hydrogens (primary N) is 1. The van der Waals surface area contributed by atoms with Crippen LogP contribution in [0, 0.1) is 5.82 Å². The number of carbonyl (C=O) groups is 1. The van der Waals surface area contributed by atoms with Gasteiger partial charge in [0.2, 0.25) is 0 Å². The molecule has 21 heavy (non-hydrogen) atoms. The highest BCUT2D eigenvalue weighted by Gasteiger charge is 2.18. The van der Waals surface area contributed by atoms with Crippen molar-refractivity contribution in [3.05, 3.63) is 59.5 Å². The number of hydrogen-bond acceptors (Lipinski definition) is 3. The van der Waals surface area contributed by atoms with Crippen LogP contribution in [0.1, 0.15) is 15.9 Å². The molecular formula is C16H13FN2O2. The molecule has 0 saturated carbocycles. The molecule has 0 aliphatic rings. The van der Waals surface area contributed by atoms with Gasteiger partial charge in [-0.2, -0.15) is 0 Å². The summed E-state index contributed by atoms with van der Waals surface area (Å²) < 4.78 is 18.5. The molecule has 2 aromatic carbocycles. The number of ether oxygens (including phenoxy) is 1. The number of ketones is 1. The van der Waals surface area contributed by atoms with Crippen molar-refractivity contribution in [3.8, 4) is 5.75 Å². The molecule has 5 heteroatoms. The van der Waals surface area contributed by atoms with Crippen molar-refractivity contribution in [1.82, 2.24) is 4.98 Å². The molecular weight excluding hydrogens is 271 g/mol. The predicted molar refractivity (Wildman–Crippen MR) is 79.1 cm³/mol. The minimum atomic E-state index is -0.539. The van der Waals surface area contributed by atoms with Gasteiger partial charge >= 0.3 is 0 Å². The smallest absolute Gasteiger partial charge is 0.195 e. The van der Waals surface area contributed by atoms with Crippen molar-refractivity contribution in [1.29, 1.82) is 0 Å². The molecule has 0 aliphatic heterocycles. The third kappa shape index (κ3) is 2.12. The largest absolute Gasteiger partial charge is 0.496 e. The van der Waals surface area contributed by atoms with E-state index in [-0.39, 0.29) is 11.5 Å². The summed E-state index contributed by atoms with van der Waals surface area (Å²) in [5.74, 6) is -0.173. The Labute approximate surface area is 120 Å². The zero-order valence-corrected chi connectivity index (χ0v) is 11.3. The maximum absolute atomic E-state index is 13.2. The molecule has 0 radical (unpaired) electrons. The fourth-order valence-electron chi connectivity index (χ4n) is 2.34. The summed E-state index contributed by atoms with van der Waals surface area (Å²) in [4.78, 5) is 15.6. The number of aromatic amines is 1. The van der Waals surface area contributed by atoms with E-state index in [2.05, 4.69) is 4.98 Å². The normalized spacial score (nSPS) is 10.8. The van der Waals surface area contributed by atoms with E-state index in [1.54, 1.807) is 19.4 Å². The summed E-state index contributed by atoms with van der Waals surface area (Å²) in [7, 11) is 1.55. The molecule has 3 rings (SSSR count). The van der Waals surface area contributed by atoms with Crippen LogP contribution in [-0.4, -0.2) is 17.9 Å². The number of benzene rings is 2. The molecule has 3 aromatic rings. The Kier molecular flexibility index (Phi) is 3.10. The van der Waals surface area contributed by atoms with Crippen LogP contribution in [0.4, 0.5) is 10.1 Å². The Balaban J connectivity index is 2.15. The molecule has 3 N–H and O–H groups in total. The number of H-pyrrole nitrogens is 1. The number of rotatable bonds is 3. The number of nitrogens with one attached hydrogen (secondary N) is 1. The van der Waals surface area contributed by atoms with Crippen LogP contribution in [0.5, 0.6) is 5.75 Å². The average Bonchev–Trinajstić information content (AvgIpc) is 2.93. The molecule has 0 atom stereocenters. The van der Waals surface area contributed by atoms with Crippen LogP contribution in [0.15, 0.2) is 42.6 Å². The lowest BCUT2D eigenvalue weighted by molar-refractivity contribution is 0.104. The van der Waals surface area contributed by atoms with E-state index in [0.717, 1.165) is 5.52 Å². The zero-order chi connectivity index (χ0) is 15.0. The van der Waals surface area contributed by atoms with Gasteiger partial charge in [0.25, 0.3) is 0 Å². The maximum Gasteiger partial charge on any atom is 0.195 e. The lowest BCUT2D eigenvalue weighted by Gasteiger charge is -2.05. The van der Waals surface area contributed by atoms with Crippen LogP contribution in [0.3, 0.4) is 0 Å². The van der Waals surface area contributed by atoms with Crippen molar-refractivity contribution in [2.24, 2.45) is 0 Å². The molecule has 0 unspecified atom stereocenters. The zero-order valence-electron chi connectivity index (χ0n) is 11.3. The van der Waals surface area contributed by atoms with Gasteiger partial charge in [-0.1, -0.05) is 6.07 Å². The van der Waals surface area contributed by atoms with Gasteiger partial charge in [-0.05, 0) is 30.3 Å². The second-order valence-electron chi connectivity index (χ2n) is 4.65. The number of fused-ring (bicyclic) bond motifs is 1. The van der Waals surface area contributed by atoms with Crippen LogP contribution in [0.2, 0.25) is 0 Å². The quantitative estimate of drug-likeness (QED) is 0.573. The van der Waals surface area contributed by atoms with Gasteiger partial charge in [0.05, 0.1) is 23.7 Å². The van der Waals surface area contributed by atoms with E-state index < -0.39 is 5.82 Å². The van der Waals surface area contributed by atoms with E-state index in [0.29, 0.717) is 22.3 Å². The first-order chi connectivity index (χ1) is 10.1. The van der Waals surface area contributed by atoms with Crippen LogP contribution in [0.25, 0.3) is 10.9 Å². The third-order valence-electron chi connectivity index (χ3n) is 3.39. The molecule has 0 amide bonds. The molecule has 1 aromatic heterocycles. The molecule has 0 bridgehead atoms. The van der Waals surface area contributed by atoms with E-state index in [1.165, 1.54) is 18.2 Å². The third-order valence-corrected chi connectivity index (χ3v) is 3.39. The first-order valence-electron chi connectivity index (χ1n) is 6.35. The first-order valence-corrected chi connectivity index (χ1v) is 6.35. The Bertz CT molecular complexity index is 839. The summed E-state index contributed by atoms with van der Waals surface area (Å²) >= 11 is 0. The summed E-state index contributed by atoms with van der Waals surface area (Å²) in [5, 5.41) is 0.702. The SMILES string of the molecule is COc1cccc2[nH]cc(C(=O)c3ccc(F)c(N)c3)c12. The van der Waals surface area contributed by atoms with Crippen molar-refractivity contribution >= 4 is 22.4 Å².